The van der Waals surface area contributed by atoms with Gasteiger partial charge in [-0.25, -0.2) is 9.78 Å². The van der Waals surface area contributed by atoms with E-state index in [4.69, 9.17) is 4.74 Å². The summed E-state index contributed by atoms with van der Waals surface area (Å²) in [6.07, 6.45) is 4.24. The van der Waals surface area contributed by atoms with Crippen molar-refractivity contribution >= 4 is 29.3 Å². The maximum absolute atomic E-state index is 12.7. The normalized spacial score (nSPS) is 12.5. The fourth-order valence-electron chi connectivity index (χ4n) is 3.11. The van der Waals surface area contributed by atoms with Gasteiger partial charge in [0.15, 0.2) is 5.16 Å². The van der Waals surface area contributed by atoms with Gasteiger partial charge in [0.25, 0.3) is 5.56 Å². The molecule has 0 atom stereocenters. The minimum atomic E-state index is -0.505. The SMILES string of the molecule is CCOC(=O)c1ccccc1NC(=O)Cn1c(SC)nc2c(c1=O)CCC2. The van der Waals surface area contributed by atoms with Crippen molar-refractivity contribution in [3.8, 4) is 0 Å². The molecular formula is C19H21N3O4S. The van der Waals surface area contributed by atoms with E-state index in [-0.39, 0.29) is 24.3 Å². The van der Waals surface area contributed by atoms with Crippen LogP contribution in [0, 0.1) is 0 Å². The Bertz CT molecular complexity index is 939. The molecule has 1 aliphatic carbocycles. The molecule has 1 aromatic carbocycles. The zero-order chi connectivity index (χ0) is 19.4. The standard InChI is InChI=1S/C19H21N3O4S/c1-3-26-18(25)13-7-4-5-9-15(13)20-16(23)11-22-17(24)12-8-6-10-14(12)21-19(22)27-2/h4-5,7,9H,3,6,8,10-11H2,1-2H3,(H,20,23). The summed E-state index contributed by atoms with van der Waals surface area (Å²) in [5, 5.41) is 3.23. The van der Waals surface area contributed by atoms with E-state index in [0.29, 0.717) is 22.8 Å². The van der Waals surface area contributed by atoms with Crippen LogP contribution in [0.15, 0.2) is 34.2 Å². The molecule has 0 unspecified atom stereocenters. The molecule has 0 saturated heterocycles. The van der Waals surface area contributed by atoms with Gasteiger partial charge in [-0.1, -0.05) is 23.9 Å². The van der Waals surface area contributed by atoms with E-state index in [1.165, 1.54) is 16.3 Å². The third-order valence-electron chi connectivity index (χ3n) is 4.33. The summed E-state index contributed by atoms with van der Waals surface area (Å²) in [5.41, 5.74) is 2.02. The number of aromatic nitrogens is 2. The average Bonchev–Trinajstić information content (AvgIpc) is 3.13. The van der Waals surface area contributed by atoms with Gasteiger partial charge in [0.1, 0.15) is 6.54 Å². The molecule has 0 spiro atoms. The zero-order valence-electron chi connectivity index (χ0n) is 15.3. The summed E-state index contributed by atoms with van der Waals surface area (Å²) in [5.74, 6) is -0.904. The highest BCUT2D eigenvalue weighted by molar-refractivity contribution is 7.98. The first-order valence-corrected chi connectivity index (χ1v) is 10.00. The van der Waals surface area contributed by atoms with Gasteiger partial charge in [-0.2, -0.15) is 0 Å². The fourth-order valence-corrected chi connectivity index (χ4v) is 3.68. The predicted molar refractivity (Wildman–Crippen MR) is 103 cm³/mol. The average molecular weight is 387 g/mol. The van der Waals surface area contributed by atoms with E-state index >= 15 is 0 Å². The van der Waals surface area contributed by atoms with Crippen molar-refractivity contribution in [2.45, 2.75) is 37.9 Å². The fraction of sp³-hybridized carbons (Fsp3) is 0.368. The molecule has 8 heteroatoms. The number of benzene rings is 1. The Kier molecular flexibility index (Phi) is 5.95. The monoisotopic (exact) mass is 387 g/mol. The minimum Gasteiger partial charge on any atom is -0.462 e. The number of para-hydroxylation sites is 1. The van der Waals surface area contributed by atoms with Crippen molar-refractivity contribution in [1.82, 2.24) is 9.55 Å². The summed E-state index contributed by atoms with van der Waals surface area (Å²) < 4.78 is 6.42. The van der Waals surface area contributed by atoms with E-state index in [1.54, 1.807) is 31.2 Å². The van der Waals surface area contributed by atoms with Crippen molar-refractivity contribution in [2.75, 3.05) is 18.2 Å². The van der Waals surface area contributed by atoms with Crippen molar-refractivity contribution in [2.24, 2.45) is 0 Å². The Balaban J connectivity index is 1.84. The molecule has 0 bridgehead atoms. The first-order chi connectivity index (χ1) is 13.0. The second-order valence-corrected chi connectivity index (χ2v) is 6.86. The van der Waals surface area contributed by atoms with Crippen LogP contribution in [0.5, 0.6) is 0 Å². The summed E-state index contributed by atoms with van der Waals surface area (Å²) >= 11 is 1.34. The van der Waals surface area contributed by atoms with E-state index in [9.17, 15) is 14.4 Å². The van der Waals surface area contributed by atoms with Crippen LogP contribution in [0.1, 0.15) is 35.0 Å². The van der Waals surface area contributed by atoms with E-state index in [0.717, 1.165) is 18.5 Å². The summed E-state index contributed by atoms with van der Waals surface area (Å²) in [7, 11) is 0. The molecular weight excluding hydrogens is 366 g/mol. The van der Waals surface area contributed by atoms with E-state index < -0.39 is 11.9 Å². The molecule has 0 fully saturated rings. The number of hydrogen-bond acceptors (Lipinski definition) is 6. The molecule has 2 aromatic rings. The molecule has 0 aliphatic heterocycles. The van der Waals surface area contributed by atoms with Crippen LogP contribution in [0.4, 0.5) is 5.69 Å². The van der Waals surface area contributed by atoms with Gasteiger partial charge in [0.2, 0.25) is 5.91 Å². The summed E-state index contributed by atoms with van der Waals surface area (Å²) in [6, 6.07) is 6.63. The number of aryl methyl sites for hydroxylation is 1. The van der Waals surface area contributed by atoms with Gasteiger partial charge < -0.3 is 10.1 Å². The molecule has 1 aromatic heterocycles. The molecule has 3 rings (SSSR count). The Morgan fingerprint density at radius 3 is 2.81 bits per heavy atom. The lowest BCUT2D eigenvalue weighted by Crippen LogP contribution is -2.32. The lowest BCUT2D eigenvalue weighted by molar-refractivity contribution is -0.116. The number of carbonyl (C=O) groups excluding carboxylic acids is 2. The molecule has 1 heterocycles. The molecule has 1 amide bonds. The van der Waals surface area contributed by atoms with Crippen LogP contribution in [-0.4, -0.2) is 34.3 Å². The van der Waals surface area contributed by atoms with Crippen LogP contribution >= 0.6 is 11.8 Å². The molecule has 1 aliphatic rings. The number of rotatable bonds is 6. The smallest absolute Gasteiger partial charge is 0.340 e. The van der Waals surface area contributed by atoms with Crippen molar-refractivity contribution in [3.05, 3.63) is 51.4 Å². The minimum absolute atomic E-state index is 0.157. The van der Waals surface area contributed by atoms with Gasteiger partial charge in [0.05, 0.1) is 23.6 Å². The van der Waals surface area contributed by atoms with Crippen LogP contribution in [0.3, 0.4) is 0 Å². The number of nitrogens with zero attached hydrogens (tertiary/aromatic N) is 2. The quantitative estimate of drug-likeness (QED) is 0.465. The summed E-state index contributed by atoms with van der Waals surface area (Å²) in [4.78, 5) is 41.9. The van der Waals surface area contributed by atoms with E-state index in [1.807, 2.05) is 6.26 Å². The van der Waals surface area contributed by atoms with Crippen LogP contribution in [-0.2, 0) is 28.9 Å². The maximum atomic E-state index is 12.7. The largest absolute Gasteiger partial charge is 0.462 e. The Morgan fingerprint density at radius 2 is 2.07 bits per heavy atom. The van der Waals surface area contributed by atoms with Crippen molar-refractivity contribution in [1.29, 1.82) is 0 Å². The number of esters is 1. The number of thioether (sulfide) groups is 1. The van der Waals surface area contributed by atoms with Gasteiger partial charge in [-0.15, -0.1) is 0 Å². The second-order valence-electron chi connectivity index (χ2n) is 6.08. The molecule has 0 saturated carbocycles. The molecule has 0 radical (unpaired) electrons. The number of anilines is 1. The lowest BCUT2D eigenvalue weighted by Gasteiger charge is -2.14. The molecule has 142 valence electrons. The van der Waals surface area contributed by atoms with Crippen molar-refractivity contribution < 1.29 is 14.3 Å². The van der Waals surface area contributed by atoms with E-state index in [2.05, 4.69) is 10.3 Å². The Labute approximate surface area is 161 Å². The Morgan fingerprint density at radius 1 is 1.30 bits per heavy atom. The molecule has 7 nitrogen and oxygen atoms in total. The highest BCUT2D eigenvalue weighted by Crippen LogP contribution is 2.21. The highest BCUT2D eigenvalue weighted by Gasteiger charge is 2.22. The topological polar surface area (TPSA) is 90.3 Å². The van der Waals surface area contributed by atoms with Crippen LogP contribution < -0.4 is 10.9 Å². The summed E-state index contributed by atoms with van der Waals surface area (Å²) in [6.45, 7) is 1.80. The zero-order valence-corrected chi connectivity index (χ0v) is 16.1. The van der Waals surface area contributed by atoms with Crippen LogP contribution in [0.25, 0.3) is 0 Å². The number of nitrogens with one attached hydrogen (secondary N) is 1. The van der Waals surface area contributed by atoms with Gasteiger partial charge in [-0.3, -0.25) is 14.2 Å². The lowest BCUT2D eigenvalue weighted by atomic mass is 10.2. The Hall–Kier alpha value is -2.61. The van der Waals surface area contributed by atoms with Gasteiger partial charge in [-0.05, 0) is 44.6 Å². The maximum Gasteiger partial charge on any atom is 0.340 e. The number of carbonyl (C=O) groups is 2. The van der Waals surface area contributed by atoms with Gasteiger partial charge >= 0.3 is 5.97 Å². The van der Waals surface area contributed by atoms with Crippen molar-refractivity contribution in [3.63, 3.8) is 0 Å². The third kappa shape index (κ3) is 4.05. The second kappa shape index (κ2) is 8.39. The number of ether oxygens (including phenoxy) is 1. The molecule has 27 heavy (non-hydrogen) atoms. The third-order valence-corrected chi connectivity index (χ3v) is 5.01. The van der Waals surface area contributed by atoms with Crippen LogP contribution in [0.2, 0.25) is 0 Å². The number of amides is 1. The predicted octanol–water partition coefficient (Wildman–Crippen LogP) is 2.27. The highest BCUT2D eigenvalue weighted by atomic mass is 32.2. The first-order valence-electron chi connectivity index (χ1n) is 8.77. The number of hydrogen-bond donors (Lipinski definition) is 1. The molecule has 1 N–H and O–H groups in total. The first kappa shape index (κ1) is 19.2. The van der Waals surface area contributed by atoms with Gasteiger partial charge in [0, 0.05) is 5.56 Å². The number of fused-ring (bicyclic) bond motifs is 1.